The first-order valence-corrected chi connectivity index (χ1v) is 7.89. The molecule has 0 aliphatic carbocycles. The first-order chi connectivity index (χ1) is 10.7. The number of thioether (sulfide) groups is 1. The van der Waals surface area contributed by atoms with Gasteiger partial charge in [-0.05, 0) is 23.8 Å². The monoisotopic (exact) mass is 327 g/mol. The van der Waals surface area contributed by atoms with Gasteiger partial charge in [-0.15, -0.1) is 0 Å². The Balaban J connectivity index is 1.97. The molecule has 0 atom stereocenters. The summed E-state index contributed by atoms with van der Waals surface area (Å²) in [5.41, 5.74) is 1.65. The molecule has 110 valence electrons. The van der Waals surface area contributed by atoms with Crippen LogP contribution >= 0.6 is 24.0 Å². The van der Waals surface area contributed by atoms with E-state index < -0.39 is 0 Å². The number of rotatable bonds is 3. The van der Waals surface area contributed by atoms with Crippen LogP contribution in [0.2, 0.25) is 0 Å². The van der Waals surface area contributed by atoms with Crippen LogP contribution in [-0.2, 0) is 4.79 Å². The summed E-state index contributed by atoms with van der Waals surface area (Å²) in [6.07, 6.45) is 1.86. The van der Waals surface area contributed by atoms with E-state index in [9.17, 15) is 4.79 Å². The highest BCUT2D eigenvalue weighted by Crippen LogP contribution is 2.39. The molecule has 0 bridgehead atoms. The molecule has 1 heterocycles. The molecule has 22 heavy (non-hydrogen) atoms. The van der Waals surface area contributed by atoms with Crippen LogP contribution in [0.3, 0.4) is 0 Å². The molecule has 2 aromatic rings. The lowest BCUT2D eigenvalue weighted by atomic mass is 10.2. The Morgan fingerprint density at radius 1 is 1.09 bits per heavy atom. The molecule has 3 rings (SSSR count). The maximum absolute atomic E-state index is 12.7. The summed E-state index contributed by atoms with van der Waals surface area (Å²) < 4.78 is 5.84. The van der Waals surface area contributed by atoms with Crippen LogP contribution < -0.4 is 9.64 Å². The zero-order valence-electron chi connectivity index (χ0n) is 11.9. The summed E-state index contributed by atoms with van der Waals surface area (Å²) >= 11 is 6.68. The van der Waals surface area contributed by atoms with Gasteiger partial charge in [-0.1, -0.05) is 66.4 Å². The van der Waals surface area contributed by atoms with Gasteiger partial charge in [0.25, 0.3) is 5.91 Å². The number of methoxy groups -OCH3 is 1. The van der Waals surface area contributed by atoms with Crippen LogP contribution in [0.4, 0.5) is 5.69 Å². The van der Waals surface area contributed by atoms with Crippen molar-refractivity contribution in [2.24, 2.45) is 0 Å². The quantitative estimate of drug-likeness (QED) is 0.627. The summed E-state index contributed by atoms with van der Waals surface area (Å²) in [7, 11) is 1.58. The minimum atomic E-state index is -0.122. The van der Waals surface area contributed by atoms with Gasteiger partial charge in [0.1, 0.15) is 5.75 Å². The van der Waals surface area contributed by atoms with Crippen molar-refractivity contribution >= 4 is 46.0 Å². The molecule has 0 aromatic heterocycles. The fraction of sp³-hybridized carbons (Fsp3) is 0.0588. The molecule has 2 aromatic carbocycles. The van der Waals surface area contributed by atoms with Gasteiger partial charge in [0, 0.05) is 0 Å². The summed E-state index contributed by atoms with van der Waals surface area (Å²) in [5.74, 6) is 0.503. The highest BCUT2D eigenvalue weighted by molar-refractivity contribution is 8.27. The highest BCUT2D eigenvalue weighted by atomic mass is 32.2. The summed E-state index contributed by atoms with van der Waals surface area (Å²) in [6, 6.07) is 17.1. The lowest BCUT2D eigenvalue weighted by molar-refractivity contribution is -0.113. The van der Waals surface area contributed by atoms with Gasteiger partial charge in [0.15, 0.2) is 4.32 Å². The second-order valence-corrected chi connectivity index (χ2v) is 6.28. The van der Waals surface area contributed by atoms with Crippen molar-refractivity contribution in [1.82, 2.24) is 0 Å². The molecule has 1 saturated heterocycles. The summed E-state index contributed by atoms with van der Waals surface area (Å²) in [6.45, 7) is 0. The lowest BCUT2D eigenvalue weighted by Crippen LogP contribution is -2.27. The molecule has 0 spiro atoms. The summed E-state index contributed by atoms with van der Waals surface area (Å²) in [5, 5.41) is 0. The molecular weight excluding hydrogens is 314 g/mol. The smallest absolute Gasteiger partial charge is 0.270 e. The number of hydrogen-bond donors (Lipinski definition) is 0. The fourth-order valence-electron chi connectivity index (χ4n) is 2.19. The van der Waals surface area contributed by atoms with Crippen LogP contribution in [0.15, 0.2) is 59.5 Å². The maximum atomic E-state index is 12.7. The van der Waals surface area contributed by atoms with Gasteiger partial charge in [-0.2, -0.15) is 0 Å². The van der Waals surface area contributed by atoms with Gasteiger partial charge < -0.3 is 4.74 Å². The molecule has 1 amide bonds. The van der Waals surface area contributed by atoms with Gasteiger partial charge in [-0.25, -0.2) is 0 Å². The summed E-state index contributed by atoms with van der Waals surface area (Å²) in [4.78, 5) is 14.8. The number of carbonyl (C=O) groups excluding carboxylic acids is 1. The molecule has 1 aliphatic rings. The Kier molecular flexibility index (Phi) is 4.27. The Bertz CT molecular complexity index is 756. The number of amides is 1. The van der Waals surface area contributed by atoms with E-state index in [1.165, 1.54) is 16.7 Å². The largest absolute Gasteiger partial charge is 0.495 e. The van der Waals surface area contributed by atoms with E-state index in [0.29, 0.717) is 20.7 Å². The van der Waals surface area contributed by atoms with E-state index in [0.717, 1.165) is 5.56 Å². The lowest BCUT2D eigenvalue weighted by Gasteiger charge is -2.17. The van der Waals surface area contributed by atoms with Crippen molar-refractivity contribution in [2.45, 2.75) is 0 Å². The van der Waals surface area contributed by atoms with Crippen molar-refractivity contribution in [3.05, 3.63) is 65.1 Å². The van der Waals surface area contributed by atoms with Crippen LogP contribution in [0.1, 0.15) is 5.56 Å². The molecular formula is C17H13NO2S2. The molecule has 1 aliphatic heterocycles. The third-order valence-electron chi connectivity index (χ3n) is 3.22. The number of carbonyl (C=O) groups is 1. The van der Waals surface area contributed by atoms with Crippen molar-refractivity contribution in [2.75, 3.05) is 12.0 Å². The van der Waals surface area contributed by atoms with E-state index in [-0.39, 0.29) is 5.91 Å². The predicted molar refractivity (Wildman–Crippen MR) is 95.1 cm³/mol. The number of nitrogens with zero attached hydrogens (tertiary/aromatic N) is 1. The van der Waals surface area contributed by atoms with E-state index >= 15 is 0 Å². The number of hydrogen-bond acceptors (Lipinski definition) is 4. The Morgan fingerprint density at radius 3 is 2.50 bits per heavy atom. The first-order valence-electron chi connectivity index (χ1n) is 6.67. The standard InChI is InChI=1S/C17H13NO2S2/c1-20-14-10-6-5-9-13(14)18-16(19)15(22-17(18)21)11-12-7-3-2-4-8-12/h2-11H,1H3/b15-11-. The van der Waals surface area contributed by atoms with E-state index in [2.05, 4.69) is 0 Å². The van der Waals surface area contributed by atoms with E-state index in [4.69, 9.17) is 17.0 Å². The van der Waals surface area contributed by atoms with Crippen molar-refractivity contribution in [3.8, 4) is 5.75 Å². The van der Waals surface area contributed by atoms with Crippen molar-refractivity contribution in [1.29, 1.82) is 0 Å². The Labute approximate surface area is 138 Å². The van der Waals surface area contributed by atoms with Crippen LogP contribution in [0.25, 0.3) is 6.08 Å². The Morgan fingerprint density at radius 2 is 1.77 bits per heavy atom. The van der Waals surface area contributed by atoms with Crippen LogP contribution in [-0.4, -0.2) is 17.3 Å². The Hall–Kier alpha value is -2.11. The van der Waals surface area contributed by atoms with Gasteiger partial charge in [0.2, 0.25) is 0 Å². The van der Waals surface area contributed by atoms with Gasteiger partial charge in [-0.3, -0.25) is 9.69 Å². The van der Waals surface area contributed by atoms with E-state index in [1.54, 1.807) is 7.11 Å². The molecule has 1 fully saturated rings. The average Bonchev–Trinajstić information content (AvgIpc) is 2.82. The molecule has 5 heteroatoms. The predicted octanol–water partition coefficient (Wildman–Crippen LogP) is 4.10. The molecule has 0 unspecified atom stereocenters. The highest BCUT2D eigenvalue weighted by Gasteiger charge is 2.34. The minimum Gasteiger partial charge on any atom is -0.495 e. The third-order valence-corrected chi connectivity index (χ3v) is 4.52. The van der Waals surface area contributed by atoms with E-state index in [1.807, 2.05) is 60.7 Å². The molecule has 0 N–H and O–H groups in total. The molecule has 0 radical (unpaired) electrons. The van der Waals surface area contributed by atoms with Crippen LogP contribution in [0.5, 0.6) is 5.75 Å². The zero-order valence-corrected chi connectivity index (χ0v) is 13.5. The van der Waals surface area contributed by atoms with Crippen LogP contribution in [0, 0.1) is 0 Å². The zero-order chi connectivity index (χ0) is 15.5. The van der Waals surface area contributed by atoms with Gasteiger partial charge in [0.05, 0.1) is 17.7 Å². The number of thiocarbonyl (C=S) groups is 1. The third kappa shape index (κ3) is 2.77. The second kappa shape index (κ2) is 6.34. The van der Waals surface area contributed by atoms with Crippen molar-refractivity contribution < 1.29 is 9.53 Å². The number of ether oxygens (including phenoxy) is 1. The van der Waals surface area contributed by atoms with Gasteiger partial charge >= 0.3 is 0 Å². The molecule has 0 saturated carbocycles. The number of para-hydroxylation sites is 2. The maximum Gasteiger partial charge on any atom is 0.270 e. The molecule has 3 nitrogen and oxygen atoms in total. The number of benzene rings is 2. The topological polar surface area (TPSA) is 29.5 Å². The first kappa shape index (κ1) is 14.8. The average molecular weight is 327 g/mol. The van der Waals surface area contributed by atoms with Crippen molar-refractivity contribution in [3.63, 3.8) is 0 Å². The normalized spacial score (nSPS) is 16.4. The fourth-order valence-corrected chi connectivity index (χ4v) is 3.48. The minimum absolute atomic E-state index is 0.122. The number of anilines is 1. The second-order valence-electron chi connectivity index (χ2n) is 4.60. The SMILES string of the molecule is COc1ccccc1N1C(=O)/C(=C/c2ccccc2)SC1=S.